The van der Waals surface area contributed by atoms with Crippen LogP contribution in [-0.4, -0.2) is 70.1 Å². The third-order valence-corrected chi connectivity index (χ3v) is 9.11. The zero-order valence-electron chi connectivity index (χ0n) is 31.8. The van der Waals surface area contributed by atoms with Gasteiger partial charge in [0.25, 0.3) is 0 Å². The number of benzene rings is 4. The molecule has 282 valence electrons. The first-order chi connectivity index (χ1) is 25.4. The van der Waals surface area contributed by atoms with Crippen LogP contribution in [0.15, 0.2) is 72.8 Å². The number of rotatable bonds is 23. The summed E-state index contributed by atoms with van der Waals surface area (Å²) < 4.78 is 57.1. The first-order valence-corrected chi connectivity index (χ1v) is 17.4. The van der Waals surface area contributed by atoms with Gasteiger partial charge in [0.05, 0.1) is 76.7 Å². The quantitative estimate of drug-likeness (QED) is 0.0703. The molecule has 0 amide bonds. The van der Waals surface area contributed by atoms with Gasteiger partial charge in [-0.2, -0.15) is 0 Å². The van der Waals surface area contributed by atoms with E-state index in [1.807, 2.05) is 48.5 Å². The number of hydrogen-bond acceptors (Lipinski definition) is 10. The molecule has 10 nitrogen and oxygen atoms in total. The van der Waals surface area contributed by atoms with Crippen LogP contribution in [0, 0.1) is 11.8 Å². The molecule has 0 saturated heterocycles. The molecular formula is C42H54O10. The van der Waals surface area contributed by atoms with E-state index in [0.717, 1.165) is 48.3 Å². The molecule has 0 spiro atoms. The Kier molecular flexibility index (Phi) is 16.1. The summed E-state index contributed by atoms with van der Waals surface area (Å²) in [5.74, 6) is 5.62. The van der Waals surface area contributed by atoms with Gasteiger partial charge in [0.2, 0.25) is 11.5 Å². The third kappa shape index (κ3) is 11.1. The summed E-state index contributed by atoms with van der Waals surface area (Å²) in [7, 11) is 13.0. The lowest BCUT2D eigenvalue weighted by Crippen LogP contribution is -2.25. The summed E-state index contributed by atoms with van der Waals surface area (Å²) in [6, 6.07) is 24.3. The summed E-state index contributed by atoms with van der Waals surface area (Å²) in [5, 5.41) is 0. The minimum atomic E-state index is 0.176. The molecule has 0 aliphatic rings. The summed E-state index contributed by atoms with van der Waals surface area (Å²) in [5.41, 5.74) is 4.27. The Hall–Kier alpha value is -4.80. The second-order valence-electron chi connectivity index (χ2n) is 12.4. The monoisotopic (exact) mass is 718 g/mol. The Bertz CT molecular complexity index is 1620. The SMILES string of the molecule is COc1cccc(C[C@H](CCCOCc2cc(OC)c(OC)c(OC)c2)[C@@H](COCc2cc(OC)c(OC)c(OC)c2)Cc2cccc(OC)c2)c1. The van der Waals surface area contributed by atoms with Gasteiger partial charge in [-0.1, -0.05) is 24.3 Å². The van der Waals surface area contributed by atoms with Gasteiger partial charge in [-0.25, -0.2) is 0 Å². The highest BCUT2D eigenvalue weighted by atomic mass is 16.5. The van der Waals surface area contributed by atoms with Crippen LogP contribution in [0.1, 0.15) is 35.1 Å². The van der Waals surface area contributed by atoms with Gasteiger partial charge >= 0.3 is 0 Å². The molecule has 2 atom stereocenters. The van der Waals surface area contributed by atoms with E-state index < -0.39 is 0 Å². The van der Waals surface area contributed by atoms with E-state index in [-0.39, 0.29) is 11.8 Å². The highest BCUT2D eigenvalue weighted by Gasteiger charge is 2.24. The van der Waals surface area contributed by atoms with Crippen molar-refractivity contribution >= 4 is 0 Å². The van der Waals surface area contributed by atoms with Crippen LogP contribution in [0.25, 0.3) is 0 Å². The summed E-state index contributed by atoms with van der Waals surface area (Å²) >= 11 is 0. The molecule has 0 heterocycles. The van der Waals surface area contributed by atoms with Crippen LogP contribution < -0.4 is 37.9 Å². The van der Waals surface area contributed by atoms with Crippen molar-refractivity contribution in [2.24, 2.45) is 11.8 Å². The van der Waals surface area contributed by atoms with E-state index in [1.165, 1.54) is 11.1 Å². The first-order valence-electron chi connectivity index (χ1n) is 17.4. The molecule has 0 bridgehead atoms. The predicted octanol–water partition coefficient (Wildman–Crippen LogP) is 7.99. The van der Waals surface area contributed by atoms with Crippen molar-refractivity contribution < 1.29 is 47.4 Å². The molecule has 0 fully saturated rings. The molecule has 0 saturated carbocycles. The maximum atomic E-state index is 6.52. The molecule has 0 N–H and O–H groups in total. The molecular weight excluding hydrogens is 664 g/mol. The Morgan fingerprint density at radius 1 is 0.442 bits per heavy atom. The van der Waals surface area contributed by atoms with Gasteiger partial charge in [-0.15, -0.1) is 0 Å². The van der Waals surface area contributed by atoms with Crippen LogP contribution in [0.2, 0.25) is 0 Å². The second-order valence-corrected chi connectivity index (χ2v) is 12.4. The lowest BCUT2D eigenvalue weighted by molar-refractivity contribution is 0.0578. The lowest BCUT2D eigenvalue weighted by Gasteiger charge is -2.28. The van der Waals surface area contributed by atoms with Gasteiger partial charge in [0, 0.05) is 6.61 Å². The Morgan fingerprint density at radius 2 is 0.885 bits per heavy atom. The predicted molar refractivity (Wildman–Crippen MR) is 201 cm³/mol. The Balaban J connectivity index is 1.54. The maximum Gasteiger partial charge on any atom is 0.203 e. The van der Waals surface area contributed by atoms with Crippen molar-refractivity contribution in [3.63, 3.8) is 0 Å². The second kappa shape index (κ2) is 20.9. The van der Waals surface area contributed by atoms with Crippen LogP contribution in [0.3, 0.4) is 0 Å². The van der Waals surface area contributed by atoms with Crippen LogP contribution in [0.5, 0.6) is 46.0 Å². The lowest BCUT2D eigenvalue weighted by atomic mass is 9.80. The first kappa shape index (κ1) is 40.0. The maximum absolute atomic E-state index is 6.52. The molecule has 0 aliphatic heterocycles. The smallest absolute Gasteiger partial charge is 0.203 e. The summed E-state index contributed by atoms with van der Waals surface area (Å²) in [4.78, 5) is 0. The molecule has 0 aromatic heterocycles. The summed E-state index contributed by atoms with van der Waals surface area (Å²) in [6.45, 7) is 1.93. The van der Waals surface area contributed by atoms with Gasteiger partial charge in [0.1, 0.15) is 11.5 Å². The largest absolute Gasteiger partial charge is 0.497 e. The van der Waals surface area contributed by atoms with Crippen molar-refractivity contribution in [3.05, 3.63) is 95.1 Å². The van der Waals surface area contributed by atoms with Crippen molar-refractivity contribution in [2.75, 3.05) is 70.1 Å². The van der Waals surface area contributed by atoms with Crippen molar-refractivity contribution in [1.82, 2.24) is 0 Å². The van der Waals surface area contributed by atoms with Crippen LogP contribution in [-0.2, 0) is 35.5 Å². The Labute approximate surface area is 308 Å². The fourth-order valence-corrected chi connectivity index (χ4v) is 6.47. The fourth-order valence-electron chi connectivity index (χ4n) is 6.47. The van der Waals surface area contributed by atoms with Crippen molar-refractivity contribution in [1.29, 1.82) is 0 Å². The number of ether oxygens (including phenoxy) is 10. The van der Waals surface area contributed by atoms with Gasteiger partial charge in [0.15, 0.2) is 23.0 Å². The topological polar surface area (TPSA) is 92.3 Å². The zero-order chi connectivity index (χ0) is 37.3. The van der Waals surface area contributed by atoms with E-state index in [9.17, 15) is 0 Å². The van der Waals surface area contributed by atoms with E-state index in [0.29, 0.717) is 60.9 Å². The summed E-state index contributed by atoms with van der Waals surface area (Å²) in [6.07, 6.45) is 3.45. The number of methoxy groups -OCH3 is 8. The van der Waals surface area contributed by atoms with Gasteiger partial charge in [-0.05, 0) is 108 Å². The average molecular weight is 719 g/mol. The minimum Gasteiger partial charge on any atom is -0.497 e. The third-order valence-electron chi connectivity index (χ3n) is 9.11. The molecule has 4 aromatic carbocycles. The van der Waals surface area contributed by atoms with Crippen molar-refractivity contribution in [3.8, 4) is 46.0 Å². The molecule has 0 radical (unpaired) electrons. The molecule has 4 rings (SSSR count). The van der Waals surface area contributed by atoms with Crippen molar-refractivity contribution in [2.45, 2.75) is 38.9 Å². The minimum absolute atomic E-state index is 0.176. The van der Waals surface area contributed by atoms with Gasteiger partial charge in [-0.3, -0.25) is 0 Å². The van der Waals surface area contributed by atoms with Crippen LogP contribution in [0.4, 0.5) is 0 Å². The normalized spacial score (nSPS) is 12.1. The number of hydrogen-bond donors (Lipinski definition) is 0. The Morgan fingerprint density at radius 3 is 1.31 bits per heavy atom. The molecule has 0 aliphatic carbocycles. The average Bonchev–Trinajstić information content (AvgIpc) is 3.18. The fraction of sp³-hybridized carbons (Fsp3) is 0.429. The molecule has 10 heteroatoms. The highest BCUT2D eigenvalue weighted by molar-refractivity contribution is 5.54. The molecule has 0 unspecified atom stereocenters. The standard InChI is InChI=1S/C42H54O10/c1-43-35-15-9-12-29(20-35)18-33(14-11-17-51-26-31-22-37(45-3)41(49-7)38(23-31)46-4)34(19-30-13-10-16-36(21-30)44-2)28-52-27-32-24-39(47-5)42(50-8)40(25-32)48-6/h9-10,12-13,15-16,20-25,33-34H,11,14,17-19,26-28H2,1-8H3/t33-,34+/m0/s1. The van der Waals surface area contributed by atoms with E-state index in [4.69, 9.17) is 47.4 Å². The van der Waals surface area contributed by atoms with E-state index in [1.54, 1.807) is 56.9 Å². The van der Waals surface area contributed by atoms with E-state index in [2.05, 4.69) is 24.3 Å². The molecule has 52 heavy (non-hydrogen) atoms. The van der Waals surface area contributed by atoms with Gasteiger partial charge < -0.3 is 47.4 Å². The van der Waals surface area contributed by atoms with Crippen LogP contribution >= 0.6 is 0 Å². The molecule has 4 aromatic rings. The zero-order valence-corrected chi connectivity index (χ0v) is 31.8. The van der Waals surface area contributed by atoms with E-state index >= 15 is 0 Å². The highest BCUT2D eigenvalue weighted by Crippen LogP contribution is 2.40.